The van der Waals surface area contributed by atoms with Gasteiger partial charge in [0.25, 0.3) is 5.91 Å². The molecule has 0 aliphatic carbocycles. The molecule has 3 rings (SSSR count). The number of ether oxygens (including phenoxy) is 1. The van der Waals surface area contributed by atoms with Crippen LogP contribution < -0.4 is 15.5 Å². The molecule has 3 aromatic rings. The molecule has 154 valence electrons. The Balaban J connectivity index is 1.90. The predicted octanol–water partition coefficient (Wildman–Crippen LogP) is 2.28. The summed E-state index contributed by atoms with van der Waals surface area (Å²) >= 11 is 0. The van der Waals surface area contributed by atoms with Crippen LogP contribution in [0.5, 0.6) is 5.75 Å². The summed E-state index contributed by atoms with van der Waals surface area (Å²) in [5, 5.41) is 18.0. The molecule has 2 aromatic heterocycles. The van der Waals surface area contributed by atoms with Crippen LogP contribution >= 0.6 is 0 Å². The third-order valence-corrected chi connectivity index (χ3v) is 4.14. The lowest BCUT2D eigenvalue weighted by atomic mass is 10.2. The molecule has 30 heavy (non-hydrogen) atoms. The van der Waals surface area contributed by atoms with Crippen molar-refractivity contribution in [2.75, 3.05) is 12.4 Å². The van der Waals surface area contributed by atoms with E-state index >= 15 is 0 Å². The molecule has 11 nitrogen and oxygen atoms in total. The molecule has 0 bridgehead atoms. The van der Waals surface area contributed by atoms with E-state index in [1.807, 2.05) is 0 Å². The van der Waals surface area contributed by atoms with Crippen molar-refractivity contribution in [2.45, 2.75) is 13.8 Å². The number of carbonyl (C=O) groups excluding carboxylic acids is 2. The Morgan fingerprint density at radius 2 is 2.00 bits per heavy atom. The Labute approximate surface area is 170 Å². The fourth-order valence-electron chi connectivity index (χ4n) is 2.73. The number of nitrogens with zero attached hydrogens (tertiary/aromatic N) is 4. The number of fused-ring (bicyclic) bond motifs is 1. The normalized spacial score (nSPS) is 10.9. The Kier molecular flexibility index (Phi) is 5.72. The molecule has 2 N–H and O–H groups in total. The van der Waals surface area contributed by atoms with E-state index < -0.39 is 22.3 Å². The van der Waals surface area contributed by atoms with Crippen LogP contribution in [0.2, 0.25) is 0 Å². The molecule has 0 spiro atoms. The number of nitro groups is 1. The summed E-state index contributed by atoms with van der Waals surface area (Å²) in [5.74, 6) is -1.03. The van der Waals surface area contributed by atoms with Gasteiger partial charge in [-0.05, 0) is 47.2 Å². The van der Waals surface area contributed by atoms with Gasteiger partial charge in [0.1, 0.15) is 11.9 Å². The second-order valence-corrected chi connectivity index (χ2v) is 6.29. The number of pyridine rings is 1. The Bertz CT molecular complexity index is 1170. The summed E-state index contributed by atoms with van der Waals surface area (Å²) in [6.07, 6.45) is 2.74. The van der Waals surface area contributed by atoms with Crippen molar-refractivity contribution < 1.29 is 19.2 Å². The molecule has 2 amide bonds. The lowest BCUT2D eigenvalue weighted by molar-refractivity contribution is -0.390. The molecule has 0 fully saturated rings. The van der Waals surface area contributed by atoms with E-state index in [1.165, 1.54) is 25.4 Å². The summed E-state index contributed by atoms with van der Waals surface area (Å²) in [6.45, 7) is 3.04. The second-order valence-electron chi connectivity index (χ2n) is 6.29. The SMILES string of the molecule is COc1ccc(/C=N/NC(=O)c2nc3cc(C)c(NC(C)=O)cn3c2[N+](=O)[O-])cc1. The quantitative estimate of drug-likeness (QED) is 0.363. The van der Waals surface area contributed by atoms with Gasteiger partial charge in [-0.15, -0.1) is 0 Å². The molecule has 0 aliphatic heterocycles. The van der Waals surface area contributed by atoms with Crippen LogP contribution in [0.25, 0.3) is 5.65 Å². The minimum atomic E-state index is -0.839. The number of aryl methyl sites for hydroxylation is 1. The van der Waals surface area contributed by atoms with Crippen LogP contribution in [0.4, 0.5) is 11.5 Å². The highest BCUT2D eigenvalue weighted by Crippen LogP contribution is 2.25. The maximum Gasteiger partial charge on any atom is 0.361 e. The molecule has 0 radical (unpaired) electrons. The van der Waals surface area contributed by atoms with E-state index in [2.05, 4.69) is 20.8 Å². The van der Waals surface area contributed by atoms with Crippen LogP contribution in [-0.2, 0) is 4.79 Å². The van der Waals surface area contributed by atoms with Gasteiger partial charge in [-0.2, -0.15) is 14.5 Å². The van der Waals surface area contributed by atoms with E-state index in [9.17, 15) is 19.7 Å². The second kappa shape index (κ2) is 8.39. The zero-order valence-corrected chi connectivity index (χ0v) is 16.4. The highest BCUT2D eigenvalue weighted by Gasteiger charge is 2.28. The minimum Gasteiger partial charge on any atom is -0.497 e. The largest absolute Gasteiger partial charge is 0.497 e. The number of hydrogen-bond acceptors (Lipinski definition) is 7. The maximum atomic E-state index is 12.5. The molecule has 0 atom stereocenters. The van der Waals surface area contributed by atoms with Crippen LogP contribution in [-0.4, -0.2) is 39.4 Å². The van der Waals surface area contributed by atoms with Crippen molar-refractivity contribution in [3.05, 3.63) is 63.5 Å². The number of imidazole rings is 1. The van der Waals surface area contributed by atoms with Crippen LogP contribution in [0.1, 0.15) is 28.5 Å². The van der Waals surface area contributed by atoms with Gasteiger partial charge in [0.05, 0.1) is 19.0 Å². The Hall–Kier alpha value is -4.28. The summed E-state index contributed by atoms with van der Waals surface area (Å²) in [4.78, 5) is 38.8. The van der Waals surface area contributed by atoms with Crippen LogP contribution in [0, 0.1) is 17.0 Å². The number of carbonyl (C=O) groups is 2. The maximum absolute atomic E-state index is 12.5. The number of methoxy groups -OCH3 is 1. The molecule has 0 saturated heterocycles. The van der Waals surface area contributed by atoms with Crippen LogP contribution in [0.3, 0.4) is 0 Å². The third kappa shape index (κ3) is 4.24. The summed E-state index contributed by atoms with van der Waals surface area (Å²) < 4.78 is 6.20. The molecular formula is C19H18N6O5. The van der Waals surface area contributed by atoms with Crippen molar-refractivity contribution in [1.82, 2.24) is 14.8 Å². The summed E-state index contributed by atoms with van der Waals surface area (Å²) in [7, 11) is 1.55. The standard InChI is InChI=1S/C19H18N6O5/c1-11-8-16-22-17(19(25(28)29)24(16)10-15(11)21-12(2)26)18(27)23-20-9-13-4-6-14(30-3)7-5-13/h4-10H,1-3H3,(H,21,26)(H,23,27)/b20-9+. The first-order valence-corrected chi connectivity index (χ1v) is 8.72. The molecule has 0 aliphatic rings. The number of hydrazone groups is 1. The zero-order valence-electron chi connectivity index (χ0n) is 16.4. The van der Waals surface area contributed by atoms with Gasteiger partial charge >= 0.3 is 5.82 Å². The van der Waals surface area contributed by atoms with Gasteiger partial charge < -0.3 is 20.2 Å². The molecular weight excluding hydrogens is 392 g/mol. The van der Waals surface area contributed by atoms with Gasteiger partial charge in [0, 0.05) is 13.0 Å². The number of rotatable bonds is 6. The predicted molar refractivity (Wildman–Crippen MR) is 109 cm³/mol. The number of nitrogens with one attached hydrogen (secondary N) is 2. The van der Waals surface area contributed by atoms with Gasteiger partial charge in [-0.1, -0.05) is 0 Å². The fraction of sp³-hybridized carbons (Fsp3) is 0.158. The van der Waals surface area contributed by atoms with E-state index in [1.54, 1.807) is 38.3 Å². The molecule has 0 unspecified atom stereocenters. The van der Waals surface area contributed by atoms with E-state index in [-0.39, 0.29) is 11.6 Å². The van der Waals surface area contributed by atoms with Crippen molar-refractivity contribution in [3.8, 4) is 5.75 Å². The molecule has 2 heterocycles. The lowest BCUT2D eigenvalue weighted by Crippen LogP contribution is -2.19. The number of hydrogen-bond donors (Lipinski definition) is 2. The van der Waals surface area contributed by atoms with Crippen molar-refractivity contribution in [3.63, 3.8) is 0 Å². The lowest BCUT2D eigenvalue weighted by Gasteiger charge is -2.04. The van der Waals surface area contributed by atoms with Crippen molar-refractivity contribution in [1.29, 1.82) is 0 Å². The minimum absolute atomic E-state index is 0.192. The first kappa shape index (κ1) is 20.5. The zero-order chi connectivity index (χ0) is 21.8. The third-order valence-electron chi connectivity index (χ3n) is 4.14. The van der Waals surface area contributed by atoms with E-state index in [0.29, 0.717) is 22.6 Å². The highest BCUT2D eigenvalue weighted by molar-refractivity contribution is 5.97. The highest BCUT2D eigenvalue weighted by atomic mass is 16.6. The summed E-state index contributed by atoms with van der Waals surface area (Å²) in [6, 6.07) is 8.45. The first-order chi connectivity index (χ1) is 14.3. The molecule has 0 saturated carbocycles. The topological polar surface area (TPSA) is 140 Å². The average molecular weight is 410 g/mol. The van der Waals surface area contributed by atoms with E-state index in [0.717, 1.165) is 4.40 Å². The summed E-state index contributed by atoms with van der Waals surface area (Å²) in [5.41, 5.74) is 3.74. The Morgan fingerprint density at radius 3 is 2.60 bits per heavy atom. The first-order valence-electron chi connectivity index (χ1n) is 8.72. The van der Waals surface area contributed by atoms with Gasteiger partial charge in [0.15, 0.2) is 0 Å². The number of aromatic nitrogens is 2. The van der Waals surface area contributed by atoms with Gasteiger partial charge in [-0.25, -0.2) is 5.43 Å². The van der Waals surface area contributed by atoms with Crippen LogP contribution in [0.15, 0.2) is 41.6 Å². The fourth-order valence-corrected chi connectivity index (χ4v) is 2.73. The number of amides is 2. The smallest absolute Gasteiger partial charge is 0.361 e. The molecule has 1 aromatic carbocycles. The molecule has 11 heteroatoms. The number of benzene rings is 1. The van der Waals surface area contributed by atoms with Crippen molar-refractivity contribution >= 4 is 35.2 Å². The van der Waals surface area contributed by atoms with Crippen molar-refractivity contribution in [2.24, 2.45) is 5.10 Å². The average Bonchev–Trinajstić information content (AvgIpc) is 3.07. The van der Waals surface area contributed by atoms with Gasteiger partial charge in [0.2, 0.25) is 17.2 Å². The number of anilines is 1. The Morgan fingerprint density at radius 1 is 1.30 bits per heavy atom. The monoisotopic (exact) mass is 410 g/mol. The van der Waals surface area contributed by atoms with E-state index in [4.69, 9.17) is 4.74 Å². The van der Waals surface area contributed by atoms with Gasteiger partial charge in [-0.3, -0.25) is 9.59 Å².